The van der Waals surface area contributed by atoms with E-state index >= 15 is 0 Å². The Hall–Kier alpha value is -2.34. The van der Waals surface area contributed by atoms with Crippen molar-refractivity contribution >= 4 is 28.3 Å². The Labute approximate surface area is 144 Å². The Morgan fingerprint density at radius 3 is 2.79 bits per heavy atom. The van der Waals surface area contributed by atoms with Crippen molar-refractivity contribution in [1.29, 1.82) is 0 Å². The Morgan fingerprint density at radius 2 is 2.04 bits per heavy atom. The van der Waals surface area contributed by atoms with E-state index in [1.165, 1.54) is 11.3 Å². The minimum atomic E-state index is 0.113. The van der Waals surface area contributed by atoms with Gasteiger partial charge in [-0.15, -0.1) is 11.3 Å². The summed E-state index contributed by atoms with van der Waals surface area (Å²) in [7, 11) is 0. The number of carbonyl (C=O) groups excluding carboxylic acids is 1. The first-order valence-corrected chi connectivity index (χ1v) is 9.01. The van der Waals surface area contributed by atoms with E-state index in [0.717, 1.165) is 53.2 Å². The van der Waals surface area contributed by atoms with Crippen molar-refractivity contribution in [3.05, 3.63) is 52.2 Å². The lowest BCUT2D eigenvalue weighted by Crippen LogP contribution is -2.38. The number of hydrogen-bond acceptors (Lipinski definition) is 5. The molecule has 0 unspecified atom stereocenters. The van der Waals surface area contributed by atoms with Gasteiger partial charge in [0.2, 0.25) is 0 Å². The van der Waals surface area contributed by atoms with Gasteiger partial charge in [0.1, 0.15) is 4.88 Å². The van der Waals surface area contributed by atoms with E-state index in [4.69, 9.17) is 4.98 Å². The smallest absolute Gasteiger partial charge is 0.265 e. The zero-order chi connectivity index (χ0) is 16.5. The van der Waals surface area contributed by atoms with Crippen molar-refractivity contribution in [3.8, 4) is 0 Å². The van der Waals surface area contributed by atoms with Gasteiger partial charge < -0.3 is 4.90 Å². The van der Waals surface area contributed by atoms with Crippen LogP contribution in [-0.2, 0) is 0 Å². The summed E-state index contributed by atoms with van der Waals surface area (Å²) >= 11 is 1.43. The summed E-state index contributed by atoms with van der Waals surface area (Å²) in [5, 5.41) is 1.06. The number of pyridine rings is 2. The quantitative estimate of drug-likeness (QED) is 0.718. The number of nitrogens with zero attached hydrogens (tertiary/aromatic N) is 4. The van der Waals surface area contributed by atoms with Crippen LogP contribution in [0, 0.1) is 6.92 Å². The topological polar surface area (TPSA) is 59.0 Å². The summed E-state index contributed by atoms with van der Waals surface area (Å²) in [5.74, 6) is 0.504. The molecule has 0 aliphatic carbocycles. The molecule has 0 N–H and O–H groups in total. The summed E-state index contributed by atoms with van der Waals surface area (Å²) in [6.07, 6.45) is 3.65. The number of likely N-dealkylation sites (tertiary alicyclic amines) is 1. The van der Waals surface area contributed by atoms with E-state index in [2.05, 4.69) is 22.1 Å². The van der Waals surface area contributed by atoms with Crippen molar-refractivity contribution in [2.75, 3.05) is 13.1 Å². The highest BCUT2D eigenvalue weighted by molar-refractivity contribution is 7.11. The maximum atomic E-state index is 12.6. The third kappa shape index (κ3) is 2.78. The highest BCUT2D eigenvalue weighted by Gasteiger charge is 2.27. The van der Waals surface area contributed by atoms with Crippen molar-refractivity contribution in [2.45, 2.75) is 25.7 Å². The number of rotatable bonds is 2. The molecule has 24 heavy (non-hydrogen) atoms. The molecule has 0 spiro atoms. The van der Waals surface area contributed by atoms with Crippen LogP contribution in [0.5, 0.6) is 0 Å². The summed E-state index contributed by atoms with van der Waals surface area (Å²) in [5.41, 5.74) is 4.45. The minimum Gasteiger partial charge on any atom is -0.338 e. The highest BCUT2D eigenvalue weighted by atomic mass is 32.1. The first-order chi connectivity index (χ1) is 11.7. The standard InChI is InChI=1S/C18H18N4OS/c1-12-16(24-11-20-12)18(23)22-9-6-13(7-10-22)15-5-4-14-3-2-8-19-17(14)21-15/h2-5,8,11,13H,6-7,9-10H2,1H3. The molecule has 122 valence electrons. The lowest BCUT2D eigenvalue weighted by atomic mass is 9.92. The largest absolute Gasteiger partial charge is 0.338 e. The molecule has 0 atom stereocenters. The fourth-order valence-electron chi connectivity index (χ4n) is 3.22. The number of piperidine rings is 1. The van der Waals surface area contributed by atoms with E-state index in [1.807, 2.05) is 24.0 Å². The number of carbonyl (C=O) groups is 1. The second kappa shape index (κ2) is 6.28. The summed E-state index contributed by atoms with van der Waals surface area (Å²) in [4.78, 5) is 28.5. The van der Waals surface area contributed by atoms with Gasteiger partial charge >= 0.3 is 0 Å². The maximum absolute atomic E-state index is 12.6. The fraction of sp³-hybridized carbons (Fsp3) is 0.333. The Bertz CT molecular complexity index is 883. The van der Waals surface area contributed by atoms with Crippen molar-refractivity contribution in [3.63, 3.8) is 0 Å². The molecule has 1 amide bonds. The number of aromatic nitrogens is 3. The highest BCUT2D eigenvalue weighted by Crippen LogP contribution is 2.29. The van der Waals surface area contributed by atoms with Gasteiger partial charge in [-0.05, 0) is 44.0 Å². The molecular weight excluding hydrogens is 320 g/mol. The number of amides is 1. The van der Waals surface area contributed by atoms with Gasteiger partial charge in [0.25, 0.3) is 5.91 Å². The van der Waals surface area contributed by atoms with Crippen molar-refractivity contribution in [2.24, 2.45) is 0 Å². The Kier molecular flexibility index (Phi) is 3.98. The average Bonchev–Trinajstić information content (AvgIpc) is 3.07. The van der Waals surface area contributed by atoms with Gasteiger partial charge in [0.05, 0.1) is 11.2 Å². The van der Waals surface area contributed by atoms with Gasteiger partial charge in [-0.1, -0.05) is 0 Å². The third-order valence-electron chi connectivity index (χ3n) is 4.63. The van der Waals surface area contributed by atoms with E-state index < -0.39 is 0 Å². The predicted octanol–water partition coefficient (Wildman–Crippen LogP) is 3.41. The summed E-state index contributed by atoms with van der Waals surface area (Å²) < 4.78 is 0. The van der Waals surface area contributed by atoms with Crippen LogP contribution in [0.25, 0.3) is 11.0 Å². The van der Waals surface area contributed by atoms with Crippen LogP contribution in [-0.4, -0.2) is 38.8 Å². The van der Waals surface area contributed by atoms with E-state index in [-0.39, 0.29) is 5.91 Å². The normalized spacial score (nSPS) is 15.8. The fourth-order valence-corrected chi connectivity index (χ4v) is 3.99. The van der Waals surface area contributed by atoms with Crippen LogP contribution in [0.3, 0.4) is 0 Å². The molecule has 6 heteroatoms. The molecule has 1 aliphatic rings. The monoisotopic (exact) mass is 338 g/mol. The number of hydrogen-bond donors (Lipinski definition) is 0. The molecule has 5 nitrogen and oxygen atoms in total. The second-order valence-electron chi connectivity index (χ2n) is 6.12. The predicted molar refractivity (Wildman–Crippen MR) is 94.3 cm³/mol. The molecule has 4 heterocycles. The Balaban J connectivity index is 1.47. The maximum Gasteiger partial charge on any atom is 0.265 e. The molecule has 0 bridgehead atoms. The molecule has 4 rings (SSSR count). The molecule has 3 aromatic heterocycles. The van der Waals surface area contributed by atoms with E-state index in [9.17, 15) is 4.79 Å². The van der Waals surface area contributed by atoms with Gasteiger partial charge in [-0.2, -0.15) is 0 Å². The first-order valence-electron chi connectivity index (χ1n) is 8.13. The Morgan fingerprint density at radius 1 is 1.21 bits per heavy atom. The molecular formula is C18H18N4OS. The molecule has 1 aliphatic heterocycles. The molecule has 0 radical (unpaired) electrons. The zero-order valence-electron chi connectivity index (χ0n) is 13.5. The summed E-state index contributed by atoms with van der Waals surface area (Å²) in [6, 6.07) is 8.13. The van der Waals surface area contributed by atoms with Crippen LogP contribution >= 0.6 is 11.3 Å². The van der Waals surface area contributed by atoms with E-state index in [0.29, 0.717) is 5.92 Å². The van der Waals surface area contributed by atoms with Crippen LogP contribution in [0.4, 0.5) is 0 Å². The summed E-state index contributed by atoms with van der Waals surface area (Å²) in [6.45, 7) is 3.42. The van der Waals surface area contributed by atoms with E-state index in [1.54, 1.807) is 11.7 Å². The van der Waals surface area contributed by atoms with Crippen LogP contribution < -0.4 is 0 Å². The first kappa shape index (κ1) is 15.2. The molecule has 0 aromatic carbocycles. The molecule has 3 aromatic rings. The molecule has 0 saturated carbocycles. The van der Waals surface area contributed by atoms with Crippen LogP contribution in [0.1, 0.15) is 39.8 Å². The number of fused-ring (bicyclic) bond motifs is 1. The van der Waals surface area contributed by atoms with Crippen LogP contribution in [0.15, 0.2) is 36.0 Å². The zero-order valence-corrected chi connectivity index (χ0v) is 14.3. The van der Waals surface area contributed by atoms with Crippen LogP contribution in [0.2, 0.25) is 0 Å². The second-order valence-corrected chi connectivity index (χ2v) is 6.97. The van der Waals surface area contributed by atoms with Gasteiger partial charge in [0.15, 0.2) is 5.65 Å². The van der Waals surface area contributed by atoms with Crippen molar-refractivity contribution in [1.82, 2.24) is 19.9 Å². The molecule has 1 fully saturated rings. The van der Waals surface area contributed by atoms with Gasteiger partial charge in [-0.3, -0.25) is 4.79 Å². The van der Waals surface area contributed by atoms with Gasteiger partial charge in [0, 0.05) is 36.3 Å². The van der Waals surface area contributed by atoms with Crippen molar-refractivity contribution < 1.29 is 4.79 Å². The molecule has 1 saturated heterocycles. The third-order valence-corrected chi connectivity index (χ3v) is 5.54. The lowest BCUT2D eigenvalue weighted by molar-refractivity contribution is 0.0716. The average molecular weight is 338 g/mol. The lowest BCUT2D eigenvalue weighted by Gasteiger charge is -2.31. The SMILES string of the molecule is Cc1ncsc1C(=O)N1CCC(c2ccc3cccnc3n2)CC1. The van der Waals surface area contributed by atoms with Gasteiger partial charge in [-0.25, -0.2) is 15.0 Å². The number of aryl methyl sites for hydroxylation is 1. The minimum absolute atomic E-state index is 0.113. The number of thiazole rings is 1.